The molecular formula is C30H40N2O8. The second-order valence-electron chi connectivity index (χ2n) is 12.2. The molecule has 10 heteroatoms. The summed E-state index contributed by atoms with van der Waals surface area (Å²) in [5.74, 6) is -2.59. The number of fused-ring (bicyclic) bond motifs is 2. The van der Waals surface area contributed by atoms with Gasteiger partial charge in [0.1, 0.15) is 18.3 Å². The minimum atomic E-state index is -0.933. The van der Waals surface area contributed by atoms with Gasteiger partial charge in [-0.15, -0.1) is 0 Å². The minimum Gasteiger partial charge on any atom is -0.462 e. The predicted molar refractivity (Wildman–Crippen MR) is 143 cm³/mol. The summed E-state index contributed by atoms with van der Waals surface area (Å²) in [4.78, 5) is 54.5. The van der Waals surface area contributed by atoms with E-state index in [1.165, 1.54) is 13.8 Å². The number of carbonyl (C=O) groups excluding carboxylic acids is 4. The highest BCUT2D eigenvalue weighted by molar-refractivity contribution is 5.94. The van der Waals surface area contributed by atoms with E-state index in [0.717, 1.165) is 0 Å². The third kappa shape index (κ3) is 5.11. The third-order valence-electron chi connectivity index (χ3n) is 9.68. The number of aliphatic hydroxyl groups excluding tert-OH is 1. The molecule has 40 heavy (non-hydrogen) atoms. The Morgan fingerprint density at radius 1 is 1.02 bits per heavy atom. The van der Waals surface area contributed by atoms with Gasteiger partial charge >= 0.3 is 17.9 Å². The number of hydrogen-bond donors (Lipinski definition) is 1. The van der Waals surface area contributed by atoms with Gasteiger partial charge in [-0.2, -0.15) is 0 Å². The van der Waals surface area contributed by atoms with E-state index in [-0.39, 0.29) is 30.1 Å². The number of aliphatic hydroxyl groups is 1. The molecule has 1 N–H and O–H groups in total. The zero-order chi connectivity index (χ0) is 28.8. The van der Waals surface area contributed by atoms with Gasteiger partial charge in [0, 0.05) is 75.8 Å². The molecule has 10 nitrogen and oxygen atoms in total. The van der Waals surface area contributed by atoms with Gasteiger partial charge < -0.3 is 24.2 Å². The van der Waals surface area contributed by atoms with Crippen LogP contribution < -0.4 is 0 Å². The lowest BCUT2D eigenvalue weighted by Crippen LogP contribution is -2.55. The second kappa shape index (κ2) is 11.1. The Hall–Kier alpha value is -2.98. The smallest absolute Gasteiger partial charge is 0.311 e. The summed E-state index contributed by atoms with van der Waals surface area (Å²) < 4.78 is 17.6. The van der Waals surface area contributed by atoms with Gasteiger partial charge in [0.05, 0.1) is 12.0 Å². The molecule has 0 spiro atoms. The van der Waals surface area contributed by atoms with Crippen LogP contribution in [-0.2, 0) is 28.6 Å². The molecule has 5 rings (SSSR count). The van der Waals surface area contributed by atoms with Crippen molar-refractivity contribution in [3.63, 3.8) is 0 Å². The van der Waals surface area contributed by atoms with Crippen LogP contribution in [0, 0.1) is 29.1 Å². The van der Waals surface area contributed by atoms with Gasteiger partial charge in [0.25, 0.3) is 5.91 Å². The molecule has 2 saturated carbocycles. The summed E-state index contributed by atoms with van der Waals surface area (Å²) in [5.41, 5.74) is -0.280. The molecule has 218 valence electrons. The van der Waals surface area contributed by atoms with E-state index >= 15 is 0 Å². The van der Waals surface area contributed by atoms with Crippen molar-refractivity contribution in [2.45, 2.75) is 65.0 Å². The number of piperazine rings is 1. The van der Waals surface area contributed by atoms with Crippen LogP contribution in [0.2, 0.25) is 0 Å². The standard InChI is InChI=1S/C30H40N2O8/c1-17-14-22-25(27(39-19(3)34)30(4)24(35)15-23(26(17)30)38-18(2)33)21(29(37)40-22)16-31-10-12-32(13-11-31)28(36)20-8-6-5-7-9-20/h5-9,17,21-27,35H,10-16H2,1-4H3/t17?,21?,22-,23?,24-,25+,26?,27?,30+/m0/s1. The summed E-state index contributed by atoms with van der Waals surface area (Å²) in [5, 5.41) is 11.4. The van der Waals surface area contributed by atoms with Crippen molar-refractivity contribution >= 4 is 23.8 Å². The Kier molecular flexibility index (Phi) is 7.94. The minimum absolute atomic E-state index is 0.00945. The molecular weight excluding hydrogens is 516 g/mol. The fourth-order valence-corrected chi connectivity index (χ4v) is 7.96. The van der Waals surface area contributed by atoms with E-state index in [4.69, 9.17) is 14.2 Å². The van der Waals surface area contributed by atoms with Crippen LogP contribution >= 0.6 is 0 Å². The van der Waals surface area contributed by atoms with E-state index in [2.05, 4.69) is 4.90 Å². The summed E-state index contributed by atoms with van der Waals surface area (Å²) >= 11 is 0. The van der Waals surface area contributed by atoms with E-state index in [1.54, 1.807) is 0 Å². The first kappa shape index (κ1) is 28.5. The lowest BCUT2D eigenvalue weighted by molar-refractivity contribution is -0.174. The lowest BCUT2D eigenvalue weighted by atomic mass is 9.66. The Bertz CT molecular complexity index is 1140. The zero-order valence-corrected chi connectivity index (χ0v) is 23.7. The molecule has 2 aliphatic carbocycles. The van der Waals surface area contributed by atoms with Crippen molar-refractivity contribution in [2.75, 3.05) is 32.7 Å². The molecule has 1 amide bonds. The Balaban J connectivity index is 1.37. The highest BCUT2D eigenvalue weighted by atomic mass is 16.6. The molecule has 4 fully saturated rings. The zero-order valence-electron chi connectivity index (χ0n) is 23.7. The normalized spacial score (nSPS) is 37.6. The van der Waals surface area contributed by atoms with E-state index in [1.807, 2.05) is 49.1 Å². The summed E-state index contributed by atoms with van der Waals surface area (Å²) in [6, 6.07) is 9.19. The highest BCUT2D eigenvalue weighted by Crippen LogP contribution is 2.59. The van der Waals surface area contributed by atoms with Crippen LogP contribution in [0.4, 0.5) is 0 Å². The van der Waals surface area contributed by atoms with E-state index < -0.39 is 53.6 Å². The first-order chi connectivity index (χ1) is 19.0. The summed E-state index contributed by atoms with van der Waals surface area (Å²) in [6.45, 7) is 9.30. The van der Waals surface area contributed by atoms with Crippen molar-refractivity contribution in [3.05, 3.63) is 35.9 Å². The Morgan fingerprint density at radius 2 is 1.68 bits per heavy atom. The van der Waals surface area contributed by atoms with E-state index in [0.29, 0.717) is 44.7 Å². The summed E-state index contributed by atoms with van der Waals surface area (Å²) in [6.07, 6.45) is -1.92. The van der Waals surface area contributed by atoms with Gasteiger partial charge in [-0.25, -0.2) is 0 Å². The maximum absolute atomic E-state index is 13.3. The number of amides is 1. The van der Waals surface area contributed by atoms with Crippen LogP contribution in [0.15, 0.2) is 30.3 Å². The molecule has 2 aliphatic heterocycles. The molecule has 5 unspecified atom stereocenters. The van der Waals surface area contributed by atoms with Crippen molar-refractivity contribution < 1.29 is 38.5 Å². The number of ether oxygens (including phenoxy) is 3. The Labute approximate surface area is 234 Å². The lowest BCUT2D eigenvalue weighted by Gasteiger charge is -2.44. The molecule has 9 atom stereocenters. The first-order valence-corrected chi connectivity index (χ1v) is 14.3. The fraction of sp³-hybridized carbons (Fsp3) is 0.667. The Morgan fingerprint density at radius 3 is 2.30 bits per heavy atom. The molecule has 0 bridgehead atoms. The van der Waals surface area contributed by atoms with Gasteiger partial charge in [-0.1, -0.05) is 32.0 Å². The molecule has 2 heterocycles. The summed E-state index contributed by atoms with van der Waals surface area (Å²) in [7, 11) is 0. The van der Waals surface area contributed by atoms with Crippen LogP contribution in [0.1, 0.15) is 50.9 Å². The van der Waals surface area contributed by atoms with Crippen molar-refractivity contribution in [1.29, 1.82) is 0 Å². The molecule has 4 aliphatic rings. The maximum Gasteiger partial charge on any atom is 0.311 e. The average molecular weight is 557 g/mol. The van der Waals surface area contributed by atoms with Crippen LogP contribution in [-0.4, -0.2) is 95.9 Å². The average Bonchev–Trinajstić information content (AvgIpc) is 3.31. The monoisotopic (exact) mass is 556 g/mol. The number of benzene rings is 1. The number of esters is 3. The topological polar surface area (TPSA) is 123 Å². The quantitative estimate of drug-likeness (QED) is 0.428. The van der Waals surface area contributed by atoms with Crippen molar-refractivity contribution in [1.82, 2.24) is 9.80 Å². The molecule has 0 radical (unpaired) electrons. The van der Waals surface area contributed by atoms with Gasteiger partial charge in [0.2, 0.25) is 0 Å². The maximum atomic E-state index is 13.3. The number of carbonyl (C=O) groups is 4. The second-order valence-corrected chi connectivity index (χ2v) is 12.2. The first-order valence-electron chi connectivity index (χ1n) is 14.3. The molecule has 1 aromatic rings. The predicted octanol–water partition coefficient (Wildman–Crippen LogP) is 1.89. The molecule has 0 aromatic heterocycles. The number of hydrogen-bond acceptors (Lipinski definition) is 9. The van der Waals surface area contributed by atoms with Crippen LogP contribution in [0.5, 0.6) is 0 Å². The largest absolute Gasteiger partial charge is 0.462 e. The van der Waals surface area contributed by atoms with Crippen LogP contribution in [0.3, 0.4) is 0 Å². The number of nitrogens with zero attached hydrogens (tertiary/aromatic N) is 2. The third-order valence-corrected chi connectivity index (χ3v) is 9.68. The van der Waals surface area contributed by atoms with Gasteiger partial charge in [-0.05, 0) is 24.5 Å². The van der Waals surface area contributed by atoms with Crippen LogP contribution in [0.25, 0.3) is 0 Å². The van der Waals surface area contributed by atoms with E-state index in [9.17, 15) is 24.3 Å². The molecule has 1 aromatic carbocycles. The molecule has 2 saturated heterocycles. The number of rotatable bonds is 5. The van der Waals surface area contributed by atoms with Crippen molar-refractivity contribution in [2.24, 2.45) is 29.1 Å². The SMILES string of the molecule is CC(=O)OC1C[C@H](O)[C@]2(C)C1C(C)C[C@@H]1OC(=O)C(CN3CCN(C(=O)c4ccccc4)CC3)[C@H]1C2OC(C)=O. The van der Waals surface area contributed by atoms with Gasteiger partial charge in [0.15, 0.2) is 0 Å². The van der Waals surface area contributed by atoms with Crippen molar-refractivity contribution in [3.8, 4) is 0 Å². The highest BCUT2D eigenvalue weighted by Gasteiger charge is 2.67. The fourth-order valence-electron chi connectivity index (χ4n) is 7.96. The van der Waals surface area contributed by atoms with Gasteiger partial charge in [-0.3, -0.25) is 24.1 Å².